The van der Waals surface area contributed by atoms with Gasteiger partial charge in [-0.15, -0.1) is 0 Å². The maximum Gasteiger partial charge on any atom is 0.409 e. The van der Waals surface area contributed by atoms with Crippen molar-refractivity contribution in [3.05, 3.63) is 35.4 Å². The minimum Gasteiger partial charge on any atom is -0.447 e. The van der Waals surface area contributed by atoms with Crippen molar-refractivity contribution in [1.29, 1.82) is 0 Å². The Morgan fingerprint density at radius 2 is 1.63 bits per heavy atom. The second-order valence-corrected chi connectivity index (χ2v) is 8.94. The minimum absolute atomic E-state index is 0.0416. The van der Waals surface area contributed by atoms with Crippen molar-refractivity contribution in [2.24, 2.45) is 0 Å². The van der Waals surface area contributed by atoms with Crippen LogP contribution in [0.4, 0.5) is 27.6 Å². The fraction of sp³-hybridized carbons (Fsp3) is 0.591. The summed E-state index contributed by atoms with van der Waals surface area (Å²) in [7, 11) is 0. The van der Waals surface area contributed by atoms with E-state index in [1.54, 1.807) is 24.3 Å². The van der Waals surface area contributed by atoms with Gasteiger partial charge in [0.1, 0.15) is 25.9 Å². The topological polar surface area (TPSA) is 126 Å². The maximum absolute atomic E-state index is 13.2. The summed E-state index contributed by atoms with van der Waals surface area (Å²) in [6, 6.07) is 6.02. The fourth-order valence-corrected chi connectivity index (χ4v) is 4.08. The molecule has 0 bridgehead atoms. The van der Waals surface area contributed by atoms with Crippen LogP contribution in [0.5, 0.6) is 0 Å². The molecule has 4 fully saturated rings. The fourth-order valence-electron chi connectivity index (χ4n) is 4.08. The molecule has 13 heteroatoms. The van der Waals surface area contributed by atoms with E-state index in [2.05, 4.69) is 15.4 Å². The van der Waals surface area contributed by atoms with E-state index in [0.717, 1.165) is 5.56 Å². The van der Waals surface area contributed by atoms with Gasteiger partial charge in [0.05, 0.1) is 18.1 Å². The van der Waals surface area contributed by atoms with E-state index in [4.69, 9.17) is 14.6 Å². The SMILES string of the molecule is O=C1N[C@H](CO)CO1.O=C1N[C@H](COC(=O)N2CC(c3ccc(C4(C(F)(F)F)CC4)cc3)C2)CO1. The molecule has 0 spiro atoms. The number of carbonyl (C=O) groups is 3. The lowest BCUT2D eigenvalue weighted by Crippen LogP contribution is -2.49. The van der Waals surface area contributed by atoms with Gasteiger partial charge in [-0.3, -0.25) is 0 Å². The molecule has 1 aromatic carbocycles. The van der Waals surface area contributed by atoms with Crippen LogP contribution in [0, 0.1) is 0 Å². The number of aliphatic hydroxyl groups is 1. The average molecular weight is 501 g/mol. The molecule has 35 heavy (non-hydrogen) atoms. The van der Waals surface area contributed by atoms with Crippen LogP contribution in [0.15, 0.2) is 24.3 Å². The van der Waals surface area contributed by atoms with Crippen molar-refractivity contribution in [1.82, 2.24) is 15.5 Å². The first kappa shape index (κ1) is 24.9. The van der Waals surface area contributed by atoms with Gasteiger partial charge >= 0.3 is 24.5 Å². The van der Waals surface area contributed by atoms with Crippen molar-refractivity contribution in [3.8, 4) is 0 Å². The van der Waals surface area contributed by atoms with Crippen LogP contribution in [0.25, 0.3) is 0 Å². The highest BCUT2D eigenvalue weighted by Gasteiger charge is 2.64. The van der Waals surface area contributed by atoms with E-state index in [-0.39, 0.29) is 57.3 Å². The number of halogens is 3. The number of ether oxygens (including phenoxy) is 3. The number of alkyl halides is 3. The number of nitrogens with zero attached hydrogens (tertiary/aromatic N) is 1. The summed E-state index contributed by atoms with van der Waals surface area (Å²) in [5, 5.41) is 13.3. The van der Waals surface area contributed by atoms with Crippen molar-refractivity contribution >= 4 is 18.3 Å². The number of alkyl carbamates (subject to hydrolysis) is 2. The van der Waals surface area contributed by atoms with Crippen LogP contribution in [-0.4, -0.2) is 86.1 Å². The van der Waals surface area contributed by atoms with Crippen LogP contribution >= 0.6 is 0 Å². The number of hydrogen-bond donors (Lipinski definition) is 3. The summed E-state index contributed by atoms with van der Waals surface area (Å²) in [6.45, 7) is 1.35. The zero-order valence-electron chi connectivity index (χ0n) is 18.7. The van der Waals surface area contributed by atoms with E-state index in [9.17, 15) is 27.6 Å². The zero-order valence-corrected chi connectivity index (χ0v) is 18.7. The highest BCUT2D eigenvalue weighted by atomic mass is 19.4. The Morgan fingerprint density at radius 1 is 1.06 bits per heavy atom. The van der Waals surface area contributed by atoms with Gasteiger partial charge in [0, 0.05) is 19.0 Å². The lowest BCUT2D eigenvalue weighted by molar-refractivity contribution is -0.160. The summed E-state index contributed by atoms with van der Waals surface area (Å²) in [5.74, 6) is 0.0853. The Morgan fingerprint density at radius 3 is 2.06 bits per heavy atom. The molecule has 1 aliphatic carbocycles. The van der Waals surface area contributed by atoms with E-state index >= 15 is 0 Å². The van der Waals surface area contributed by atoms with Gasteiger partial charge in [-0.05, 0) is 24.0 Å². The molecule has 0 radical (unpaired) electrons. The first-order valence-corrected chi connectivity index (χ1v) is 11.2. The Hall–Kier alpha value is -3.22. The monoisotopic (exact) mass is 501 g/mol. The smallest absolute Gasteiger partial charge is 0.409 e. The molecule has 3 amide bonds. The van der Waals surface area contributed by atoms with Crippen molar-refractivity contribution in [2.45, 2.75) is 42.4 Å². The van der Waals surface area contributed by atoms with Crippen LogP contribution in [0.1, 0.15) is 29.9 Å². The van der Waals surface area contributed by atoms with Crippen LogP contribution in [-0.2, 0) is 19.6 Å². The predicted molar refractivity (Wildman–Crippen MR) is 113 cm³/mol. The molecular formula is C22H26F3N3O7. The molecule has 1 saturated carbocycles. The third-order valence-electron chi connectivity index (χ3n) is 6.47. The van der Waals surface area contributed by atoms with Gasteiger partial charge < -0.3 is 34.9 Å². The van der Waals surface area contributed by atoms with Crippen molar-refractivity contribution in [3.63, 3.8) is 0 Å². The van der Waals surface area contributed by atoms with Crippen LogP contribution < -0.4 is 10.6 Å². The number of nitrogens with one attached hydrogen (secondary N) is 2. The third kappa shape index (κ3) is 5.55. The highest BCUT2D eigenvalue weighted by molar-refractivity contribution is 5.71. The number of cyclic esters (lactones) is 2. The summed E-state index contributed by atoms with van der Waals surface area (Å²) < 4.78 is 53.8. The number of amides is 3. The third-order valence-corrected chi connectivity index (χ3v) is 6.47. The number of benzene rings is 1. The summed E-state index contributed by atoms with van der Waals surface area (Å²) >= 11 is 0. The van der Waals surface area contributed by atoms with Crippen LogP contribution in [0.2, 0.25) is 0 Å². The summed E-state index contributed by atoms with van der Waals surface area (Å²) in [6.07, 6.45) is -5.37. The van der Waals surface area contributed by atoms with E-state index < -0.39 is 29.9 Å². The molecule has 3 aliphatic heterocycles. The number of rotatable bonds is 5. The molecular weight excluding hydrogens is 475 g/mol. The Balaban J connectivity index is 0.000000308. The molecule has 4 aliphatic rings. The molecule has 10 nitrogen and oxygen atoms in total. The second-order valence-electron chi connectivity index (χ2n) is 8.94. The van der Waals surface area contributed by atoms with E-state index in [0.29, 0.717) is 18.7 Å². The maximum atomic E-state index is 13.2. The van der Waals surface area contributed by atoms with Gasteiger partial charge in [-0.2, -0.15) is 13.2 Å². The summed E-state index contributed by atoms with van der Waals surface area (Å²) in [5.41, 5.74) is -0.437. The number of carbonyl (C=O) groups excluding carboxylic acids is 3. The van der Waals surface area contributed by atoms with Gasteiger partial charge in [0.25, 0.3) is 0 Å². The largest absolute Gasteiger partial charge is 0.447 e. The second kappa shape index (κ2) is 9.80. The Bertz CT molecular complexity index is 947. The molecule has 1 aromatic rings. The molecule has 3 saturated heterocycles. The predicted octanol–water partition coefficient (Wildman–Crippen LogP) is 2.01. The quantitative estimate of drug-likeness (QED) is 0.527. The zero-order chi connectivity index (χ0) is 25.2. The van der Waals surface area contributed by atoms with Gasteiger partial charge in [-0.25, -0.2) is 14.4 Å². The average Bonchev–Trinajstić information content (AvgIpc) is 3.36. The van der Waals surface area contributed by atoms with Crippen molar-refractivity contribution < 1.29 is 46.9 Å². The number of aliphatic hydroxyl groups excluding tert-OH is 1. The summed E-state index contributed by atoms with van der Waals surface area (Å²) in [4.78, 5) is 34.6. The van der Waals surface area contributed by atoms with E-state index in [1.807, 2.05) is 0 Å². The molecule has 0 aromatic heterocycles. The number of hydrogen-bond acceptors (Lipinski definition) is 7. The number of likely N-dealkylation sites (tertiary alicyclic amines) is 1. The first-order chi connectivity index (χ1) is 16.6. The molecule has 0 unspecified atom stereocenters. The van der Waals surface area contributed by atoms with Crippen molar-refractivity contribution in [2.75, 3.05) is 39.5 Å². The normalized spacial score (nSPS) is 24.7. The first-order valence-electron chi connectivity index (χ1n) is 11.2. The van der Waals surface area contributed by atoms with Gasteiger partial charge in [-0.1, -0.05) is 24.3 Å². The van der Waals surface area contributed by atoms with Crippen LogP contribution in [0.3, 0.4) is 0 Å². The molecule has 192 valence electrons. The molecule has 5 rings (SSSR count). The lowest BCUT2D eigenvalue weighted by Gasteiger charge is -2.38. The molecule has 3 heterocycles. The lowest BCUT2D eigenvalue weighted by atomic mass is 9.88. The standard InChI is InChI=1S/C18H19F3N2O4.C4H7NO3/c19-18(20,21)17(5-6-17)13-3-1-11(2-4-13)12-7-23(8-12)16(25)27-10-14-9-26-15(24)22-14;6-1-3-2-8-4(7)5-3/h1-4,12,14H,5-10H2,(H,22,24);3,6H,1-2H2,(H,5,7)/t14-;3-/m01/s1. The Kier molecular flexibility index (Phi) is 6.97. The molecule has 2 atom stereocenters. The molecule has 3 N–H and O–H groups in total. The minimum atomic E-state index is -4.21. The van der Waals surface area contributed by atoms with E-state index in [1.165, 1.54) is 4.90 Å². The highest BCUT2D eigenvalue weighted by Crippen LogP contribution is 2.58. The van der Waals surface area contributed by atoms with Gasteiger partial charge in [0.15, 0.2) is 0 Å². The van der Waals surface area contributed by atoms with Gasteiger partial charge in [0.2, 0.25) is 0 Å². The Labute approximate surface area is 198 Å².